The molecule has 108 valence electrons. The number of carbonyl (C=O) groups excluding carboxylic acids is 1. The lowest BCUT2D eigenvalue weighted by molar-refractivity contribution is 0.0361. The van der Waals surface area contributed by atoms with Crippen molar-refractivity contribution in [3.63, 3.8) is 0 Å². The zero-order valence-electron chi connectivity index (χ0n) is 12.3. The number of Topliss-reactive ketones (excluding diaryl/α,β-unsaturated/α-hetero) is 1. The highest BCUT2D eigenvalue weighted by Gasteiger charge is 2.48. The maximum atomic E-state index is 12.9. The summed E-state index contributed by atoms with van der Waals surface area (Å²) in [5, 5.41) is 3.33. The zero-order valence-corrected chi connectivity index (χ0v) is 12.3. The van der Waals surface area contributed by atoms with E-state index in [0.29, 0.717) is 17.7 Å². The van der Waals surface area contributed by atoms with Gasteiger partial charge in [-0.2, -0.15) is 0 Å². The Kier molecular flexibility index (Phi) is 3.52. The normalized spacial score (nSPS) is 20.4. The van der Waals surface area contributed by atoms with Crippen LogP contribution in [0.2, 0.25) is 0 Å². The standard InChI is InChI=1S/C18H19NO2/c1-13(2)19-18(12-14-8-4-3-5-9-14)17(20)15-10-6-7-11-16(15)21-18/h3-11,13,19H,12H2,1-2H3. The summed E-state index contributed by atoms with van der Waals surface area (Å²) in [4.78, 5) is 12.9. The minimum absolute atomic E-state index is 0.00986. The Hall–Kier alpha value is -2.13. The van der Waals surface area contributed by atoms with Gasteiger partial charge in [0.15, 0.2) is 0 Å². The number of para-hydroxylation sites is 1. The Morgan fingerprint density at radius 2 is 1.71 bits per heavy atom. The molecule has 2 aromatic carbocycles. The van der Waals surface area contributed by atoms with E-state index in [1.807, 2.05) is 68.4 Å². The van der Waals surface area contributed by atoms with Crippen LogP contribution in [-0.2, 0) is 6.42 Å². The van der Waals surface area contributed by atoms with E-state index in [0.717, 1.165) is 5.56 Å². The number of fused-ring (bicyclic) bond motifs is 1. The number of ketones is 1. The lowest BCUT2D eigenvalue weighted by atomic mass is 9.95. The molecule has 3 heteroatoms. The first-order chi connectivity index (χ1) is 10.1. The van der Waals surface area contributed by atoms with Crippen LogP contribution in [0, 0.1) is 0 Å². The third-order valence-electron chi connectivity index (χ3n) is 3.60. The number of ether oxygens (including phenoxy) is 1. The van der Waals surface area contributed by atoms with Crippen LogP contribution in [0.25, 0.3) is 0 Å². The summed E-state index contributed by atoms with van der Waals surface area (Å²) in [5.41, 5.74) is 0.729. The van der Waals surface area contributed by atoms with Gasteiger partial charge >= 0.3 is 0 Å². The van der Waals surface area contributed by atoms with Crippen molar-refractivity contribution in [3.8, 4) is 5.75 Å². The van der Waals surface area contributed by atoms with Gasteiger partial charge in [0, 0.05) is 12.5 Å². The fourth-order valence-corrected chi connectivity index (χ4v) is 2.81. The van der Waals surface area contributed by atoms with Crippen LogP contribution in [0.3, 0.4) is 0 Å². The van der Waals surface area contributed by atoms with Crippen LogP contribution in [0.1, 0.15) is 29.8 Å². The molecule has 0 saturated carbocycles. The van der Waals surface area contributed by atoms with Crippen LogP contribution < -0.4 is 10.1 Å². The van der Waals surface area contributed by atoms with Crippen molar-refractivity contribution in [1.82, 2.24) is 5.32 Å². The Balaban J connectivity index is 1.98. The van der Waals surface area contributed by atoms with Gasteiger partial charge in [-0.1, -0.05) is 42.5 Å². The van der Waals surface area contributed by atoms with Crippen molar-refractivity contribution in [2.24, 2.45) is 0 Å². The summed E-state index contributed by atoms with van der Waals surface area (Å²) >= 11 is 0. The van der Waals surface area contributed by atoms with Gasteiger partial charge in [0.1, 0.15) is 5.75 Å². The molecule has 1 atom stereocenters. The number of nitrogens with one attached hydrogen (secondary N) is 1. The van der Waals surface area contributed by atoms with Gasteiger partial charge in [-0.25, -0.2) is 0 Å². The van der Waals surface area contributed by atoms with Crippen molar-refractivity contribution in [1.29, 1.82) is 0 Å². The highest BCUT2D eigenvalue weighted by molar-refractivity contribution is 6.07. The number of hydrogen-bond acceptors (Lipinski definition) is 3. The summed E-state index contributed by atoms with van der Waals surface area (Å²) in [5.74, 6) is 0.669. The number of carbonyl (C=O) groups is 1. The third-order valence-corrected chi connectivity index (χ3v) is 3.60. The molecule has 0 amide bonds. The van der Waals surface area contributed by atoms with Crippen molar-refractivity contribution < 1.29 is 9.53 Å². The molecule has 2 aromatic rings. The first-order valence-corrected chi connectivity index (χ1v) is 7.25. The summed E-state index contributed by atoms with van der Waals surface area (Å²) in [6.07, 6.45) is 0.513. The largest absolute Gasteiger partial charge is 0.464 e. The molecular formula is C18H19NO2. The van der Waals surface area contributed by atoms with Gasteiger partial charge in [0.2, 0.25) is 11.5 Å². The topological polar surface area (TPSA) is 38.3 Å². The molecule has 3 rings (SSSR count). The molecule has 0 radical (unpaired) electrons. The van der Waals surface area contributed by atoms with Gasteiger partial charge < -0.3 is 4.74 Å². The van der Waals surface area contributed by atoms with E-state index in [4.69, 9.17) is 4.74 Å². The first kappa shape index (κ1) is 13.8. The predicted octanol–water partition coefficient (Wildman–Crippen LogP) is 3.20. The van der Waals surface area contributed by atoms with Crippen LogP contribution in [0.15, 0.2) is 54.6 Å². The molecule has 0 aliphatic carbocycles. The van der Waals surface area contributed by atoms with E-state index in [1.165, 1.54) is 0 Å². The SMILES string of the molecule is CC(C)NC1(Cc2ccccc2)Oc2ccccc2C1=O. The Labute approximate surface area is 124 Å². The maximum Gasteiger partial charge on any atom is 0.229 e. The smallest absolute Gasteiger partial charge is 0.229 e. The van der Waals surface area contributed by atoms with E-state index in [1.54, 1.807) is 0 Å². The van der Waals surface area contributed by atoms with Crippen LogP contribution >= 0.6 is 0 Å². The van der Waals surface area contributed by atoms with Crippen molar-refractivity contribution in [2.75, 3.05) is 0 Å². The summed E-state index contributed by atoms with van der Waals surface area (Å²) in [7, 11) is 0. The van der Waals surface area contributed by atoms with Crippen molar-refractivity contribution in [3.05, 3.63) is 65.7 Å². The Morgan fingerprint density at radius 3 is 2.38 bits per heavy atom. The first-order valence-electron chi connectivity index (χ1n) is 7.25. The van der Waals surface area contributed by atoms with E-state index < -0.39 is 5.72 Å². The van der Waals surface area contributed by atoms with Crippen LogP contribution in [0.5, 0.6) is 5.75 Å². The highest BCUT2D eigenvalue weighted by atomic mass is 16.5. The predicted molar refractivity (Wildman–Crippen MR) is 82.5 cm³/mol. The molecule has 0 spiro atoms. The van der Waals surface area contributed by atoms with Crippen molar-refractivity contribution in [2.45, 2.75) is 32.0 Å². The molecule has 0 aromatic heterocycles. The molecular weight excluding hydrogens is 262 g/mol. The molecule has 1 heterocycles. The van der Waals surface area contributed by atoms with E-state index in [-0.39, 0.29) is 11.8 Å². The molecule has 1 N–H and O–H groups in total. The fourth-order valence-electron chi connectivity index (χ4n) is 2.81. The molecule has 21 heavy (non-hydrogen) atoms. The fraction of sp³-hybridized carbons (Fsp3) is 0.278. The zero-order chi connectivity index (χ0) is 14.9. The van der Waals surface area contributed by atoms with Crippen LogP contribution in [0.4, 0.5) is 0 Å². The van der Waals surface area contributed by atoms with Gasteiger partial charge in [-0.3, -0.25) is 10.1 Å². The second-order valence-corrected chi connectivity index (χ2v) is 5.72. The molecule has 1 aliphatic rings. The molecule has 3 nitrogen and oxygen atoms in total. The Morgan fingerprint density at radius 1 is 1.05 bits per heavy atom. The second-order valence-electron chi connectivity index (χ2n) is 5.72. The quantitative estimate of drug-likeness (QED) is 0.935. The lowest BCUT2D eigenvalue weighted by Gasteiger charge is -2.30. The van der Waals surface area contributed by atoms with Crippen LogP contribution in [-0.4, -0.2) is 17.6 Å². The second kappa shape index (κ2) is 5.34. The lowest BCUT2D eigenvalue weighted by Crippen LogP contribution is -2.57. The molecule has 0 bridgehead atoms. The van der Waals surface area contributed by atoms with Gasteiger partial charge in [0.25, 0.3) is 0 Å². The summed E-state index contributed by atoms with van der Waals surface area (Å²) in [6, 6.07) is 17.5. The van der Waals surface area contributed by atoms with E-state index in [2.05, 4.69) is 5.32 Å². The average molecular weight is 281 g/mol. The van der Waals surface area contributed by atoms with E-state index in [9.17, 15) is 4.79 Å². The minimum Gasteiger partial charge on any atom is -0.464 e. The number of hydrogen-bond donors (Lipinski definition) is 1. The monoisotopic (exact) mass is 281 g/mol. The molecule has 1 aliphatic heterocycles. The summed E-state index contributed by atoms with van der Waals surface area (Å²) < 4.78 is 6.06. The Bertz CT molecular complexity index is 651. The maximum absolute atomic E-state index is 12.9. The molecule has 1 unspecified atom stereocenters. The van der Waals surface area contributed by atoms with E-state index >= 15 is 0 Å². The van der Waals surface area contributed by atoms with Gasteiger partial charge in [0.05, 0.1) is 5.56 Å². The highest BCUT2D eigenvalue weighted by Crippen LogP contribution is 2.35. The molecule has 0 fully saturated rings. The summed E-state index contributed by atoms with van der Waals surface area (Å²) in [6.45, 7) is 4.04. The number of benzene rings is 2. The number of rotatable bonds is 4. The van der Waals surface area contributed by atoms with Gasteiger partial charge in [-0.15, -0.1) is 0 Å². The minimum atomic E-state index is -1.00. The average Bonchev–Trinajstić information content (AvgIpc) is 2.72. The third kappa shape index (κ3) is 2.57. The van der Waals surface area contributed by atoms with Crippen molar-refractivity contribution >= 4 is 5.78 Å². The van der Waals surface area contributed by atoms with Gasteiger partial charge in [-0.05, 0) is 31.5 Å². The molecule has 0 saturated heterocycles.